The van der Waals surface area contributed by atoms with Crippen LogP contribution < -0.4 is 5.73 Å². The number of hydrogen-bond donors (Lipinski definition) is 1. The molecule has 0 spiro atoms. The number of hydrogen-bond acceptors (Lipinski definition) is 2. The second-order valence-corrected chi connectivity index (χ2v) is 5.66. The van der Waals surface area contributed by atoms with Gasteiger partial charge in [-0.05, 0) is 36.2 Å². The van der Waals surface area contributed by atoms with Crippen LogP contribution in [0, 0.1) is 0 Å². The highest BCUT2D eigenvalue weighted by molar-refractivity contribution is 7.99. The number of halogens is 1. The molecule has 0 saturated heterocycles. The topological polar surface area (TPSA) is 26.0 Å². The molecular formula is C15H16ClNS. The van der Waals surface area contributed by atoms with Crippen LogP contribution in [0.15, 0.2) is 58.3 Å². The number of nitrogens with two attached hydrogens (primary N) is 1. The van der Waals surface area contributed by atoms with Crippen LogP contribution in [0.4, 0.5) is 0 Å². The summed E-state index contributed by atoms with van der Waals surface area (Å²) < 4.78 is 0. The second kappa shape index (κ2) is 6.28. The van der Waals surface area contributed by atoms with Gasteiger partial charge in [0.1, 0.15) is 0 Å². The molecule has 2 rings (SSSR count). The van der Waals surface area contributed by atoms with Gasteiger partial charge in [0.25, 0.3) is 0 Å². The molecule has 0 aliphatic rings. The lowest BCUT2D eigenvalue weighted by atomic mass is 10.1. The Morgan fingerprint density at radius 3 is 2.67 bits per heavy atom. The van der Waals surface area contributed by atoms with Crippen LogP contribution in [-0.2, 0) is 0 Å². The normalized spacial score (nSPS) is 12.4. The summed E-state index contributed by atoms with van der Waals surface area (Å²) in [6.45, 7) is 2.10. The van der Waals surface area contributed by atoms with Crippen LogP contribution in [0.1, 0.15) is 24.9 Å². The number of benzene rings is 2. The molecule has 3 heteroatoms. The summed E-state index contributed by atoms with van der Waals surface area (Å²) in [6, 6.07) is 16.3. The summed E-state index contributed by atoms with van der Waals surface area (Å²) >= 11 is 7.71. The van der Waals surface area contributed by atoms with E-state index >= 15 is 0 Å². The Morgan fingerprint density at radius 2 is 1.94 bits per heavy atom. The highest BCUT2D eigenvalue weighted by Gasteiger charge is 2.09. The minimum Gasteiger partial charge on any atom is -0.324 e. The minimum absolute atomic E-state index is 0.0906. The smallest absolute Gasteiger partial charge is 0.0417 e. The third-order valence-electron chi connectivity index (χ3n) is 2.78. The molecule has 0 unspecified atom stereocenters. The van der Waals surface area contributed by atoms with Gasteiger partial charge in [-0.25, -0.2) is 0 Å². The number of rotatable bonds is 4. The molecule has 2 aromatic rings. The first-order chi connectivity index (χ1) is 8.70. The predicted octanol–water partition coefficient (Wildman–Crippen LogP) is 4.90. The Labute approximate surface area is 117 Å². The molecule has 0 saturated carbocycles. The molecule has 0 heterocycles. The summed E-state index contributed by atoms with van der Waals surface area (Å²) in [5.41, 5.74) is 7.34. The first kappa shape index (κ1) is 13.5. The van der Waals surface area contributed by atoms with Crippen LogP contribution in [0.5, 0.6) is 0 Å². The fraction of sp³-hybridized carbons (Fsp3) is 0.200. The van der Waals surface area contributed by atoms with Crippen LogP contribution in [0.3, 0.4) is 0 Å². The zero-order valence-corrected chi connectivity index (χ0v) is 11.8. The maximum absolute atomic E-state index is 6.14. The molecule has 0 radical (unpaired) electrons. The molecule has 0 fully saturated rings. The van der Waals surface area contributed by atoms with Crippen molar-refractivity contribution in [3.63, 3.8) is 0 Å². The Bertz CT molecular complexity index is 527. The largest absolute Gasteiger partial charge is 0.324 e. The van der Waals surface area contributed by atoms with Gasteiger partial charge in [-0.1, -0.05) is 54.6 Å². The molecule has 2 aromatic carbocycles. The Kier molecular flexibility index (Phi) is 4.70. The van der Waals surface area contributed by atoms with Crippen molar-refractivity contribution >= 4 is 23.4 Å². The Hall–Kier alpha value is -0.960. The molecule has 94 valence electrons. The van der Waals surface area contributed by atoms with E-state index in [0.717, 1.165) is 16.3 Å². The van der Waals surface area contributed by atoms with E-state index in [1.54, 1.807) is 11.8 Å². The lowest BCUT2D eigenvalue weighted by Crippen LogP contribution is -2.09. The van der Waals surface area contributed by atoms with E-state index in [0.29, 0.717) is 0 Å². The molecule has 1 nitrogen and oxygen atoms in total. The molecule has 0 aliphatic heterocycles. The van der Waals surface area contributed by atoms with Gasteiger partial charge in [0, 0.05) is 20.9 Å². The predicted molar refractivity (Wildman–Crippen MR) is 79.2 cm³/mol. The van der Waals surface area contributed by atoms with E-state index in [-0.39, 0.29) is 6.04 Å². The van der Waals surface area contributed by atoms with Crippen LogP contribution >= 0.6 is 23.4 Å². The van der Waals surface area contributed by atoms with Crippen molar-refractivity contribution in [2.75, 3.05) is 0 Å². The maximum Gasteiger partial charge on any atom is 0.0417 e. The average Bonchev–Trinajstić information content (AvgIpc) is 2.38. The fourth-order valence-corrected chi connectivity index (χ4v) is 3.08. The van der Waals surface area contributed by atoms with E-state index < -0.39 is 0 Å². The van der Waals surface area contributed by atoms with Gasteiger partial charge in [0.2, 0.25) is 0 Å². The lowest BCUT2D eigenvalue weighted by molar-refractivity contribution is 0.685. The molecule has 18 heavy (non-hydrogen) atoms. The van der Waals surface area contributed by atoms with Crippen LogP contribution in [0.25, 0.3) is 0 Å². The quantitative estimate of drug-likeness (QED) is 0.860. The van der Waals surface area contributed by atoms with Crippen molar-refractivity contribution in [1.82, 2.24) is 0 Å². The van der Waals surface area contributed by atoms with Crippen LogP contribution in [0.2, 0.25) is 5.02 Å². The summed E-state index contributed by atoms with van der Waals surface area (Å²) in [6.07, 6.45) is 0.938. The molecule has 0 amide bonds. The highest BCUT2D eigenvalue weighted by atomic mass is 35.5. The van der Waals surface area contributed by atoms with E-state index in [2.05, 4.69) is 25.1 Å². The van der Waals surface area contributed by atoms with Crippen molar-refractivity contribution in [3.8, 4) is 0 Å². The van der Waals surface area contributed by atoms with Crippen molar-refractivity contribution in [2.45, 2.75) is 29.2 Å². The van der Waals surface area contributed by atoms with Gasteiger partial charge in [0.05, 0.1) is 0 Å². The van der Waals surface area contributed by atoms with Gasteiger partial charge in [-0.3, -0.25) is 0 Å². The maximum atomic E-state index is 6.14. The van der Waals surface area contributed by atoms with Gasteiger partial charge >= 0.3 is 0 Å². The second-order valence-electron chi connectivity index (χ2n) is 4.11. The lowest BCUT2D eigenvalue weighted by Gasteiger charge is -2.14. The Morgan fingerprint density at radius 1 is 1.17 bits per heavy atom. The van der Waals surface area contributed by atoms with Crippen molar-refractivity contribution in [1.29, 1.82) is 0 Å². The summed E-state index contributed by atoms with van der Waals surface area (Å²) in [7, 11) is 0. The molecular weight excluding hydrogens is 262 g/mol. The van der Waals surface area contributed by atoms with E-state index in [1.807, 2.05) is 30.3 Å². The third-order valence-corrected chi connectivity index (χ3v) is 4.10. The average molecular weight is 278 g/mol. The highest BCUT2D eigenvalue weighted by Crippen LogP contribution is 2.34. The molecule has 0 bridgehead atoms. The van der Waals surface area contributed by atoms with Crippen molar-refractivity contribution in [3.05, 3.63) is 59.1 Å². The molecule has 1 atom stereocenters. The summed E-state index contributed by atoms with van der Waals surface area (Å²) in [5.74, 6) is 0. The van der Waals surface area contributed by atoms with E-state index in [9.17, 15) is 0 Å². The summed E-state index contributed by atoms with van der Waals surface area (Å²) in [4.78, 5) is 2.34. The van der Waals surface area contributed by atoms with Gasteiger partial charge in [-0.2, -0.15) is 0 Å². The third kappa shape index (κ3) is 3.29. The van der Waals surface area contributed by atoms with Crippen molar-refractivity contribution < 1.29 is 0 Å². The Balaban J connectivity index is 2.29. The zero-order valence-electron chi connectivity index (χ0n) is 10.3. The SMILES string of the molecule is CC[C@@H](N)c1ccccc1Sc1cccc(Cl)c1. The van der Waals surface area contributed by atoms with Gasteiger partial charge < -0.3 is 5.73 Å². The van der Waals surface area contributed by atoms with E-state index in [1.165, 1.54) is 10.5 Å². The monoisotopic (exact) mass is 277 g/mol. The van der Waals surface area contributed by atoms with E-state index in [4.69, 9.17) is 17.3 Å². The molecule has 2 N–H and O–H groups in total. The first-order valence-electron chi connectivity index (χ1n) is 5.98. The van der Waals surface area contributed by atoms with Gasteiger partial charge in [0.15, 0.2) is 0 Å². The zero-order chi connectivity index (χ0) is 13.0. The first-order valence-corrected chi connectivity index (χ1v) is 7.18. The summed E-state index contributed by atoms with van der Waals surface area (Å²) in [5, 5.41) is 0.761. The van der Waals surface area contributed by atoms with Crippen LogP contribution in [-0.4, -0.2) is 0 Å². The molecule has 0 aliphatic carbocycles. The minimum atomic E-state index is 0.0906. The fourth-order valence-electron chi connectivity index (χ4n) is 1.76. The van der Waals surface area contributed by atoms with Crippen molar-refractivity contribution in [2.24, 2.45) is 5.73 Å². The van der Waals surface area contributed by atoms with Gasteiger partial charge in [-0.15, -0.1) is 0 Å². The molecule has 0 aromatic heterocycles. The standard InChI is InChI=1S/C15H16ClNS/c1-2-14(17)13-8-3-4-9-15(13)18-12-7-5-6-11(16)10-12/h3-10,14H,2,17H2,1H3/t14-/m1/s1.